The number of aromatic nitrogens is 2. The molecule has 1 aliphatic rings. The van der Waals surface area contributed by atoms with E-state index < -0.39 is 17.5 Å². The van der Waals surface area contributed by atoms with E-state index in [0.717, 1.165) is 54.9 Å². The highest BCUT2D eigenvalue weighted by Gasteiger charge is 2.25. The maximum Gasteiger partial charge on any atom is 0.251 e. The second kappa shape index (κ2) is 8.12. The molecule has 0 aliphatic carbocycles. The number of primary amides is 1. The first-order valence-corrected chi connectivity index (χ1v) is 10.6. The molecule has 4 rings (SSSR count). The van der Waals surface area contributed by atoms with Gasteiger partial charge in [-0.25, -0.2) is 8.78 Å². The number of hydrogen-bond donors (Lipinski definition) is 2. The van der Waals surface area contributed by atoms with Crippen LogP contribution in [0.5, 0.6) is 0 Å². The van der Waals surface area contributed by atoms with Crippen LogP contribution in [0.1, 0.15) is 41.7 Å². The molecule has 3 N–H and O–H groups in total. The maximum absolute atomic E-state index is 13.8. The summed E-state index contributed by atoms with van der Waals surface area (Å²) in [6, 6.07) is 7.16. The number of rotatable bonds is 5. The summed E-state index contributed by atoms with van der Waals surface area (Å²) >= 11 is 1.84. The first kappa shape index (κ1) is 19.8. The van der Waals surface area contributed by atoms with Gasteiger partial charge in [0, 0.05) is 35.8 Å². The lowest BCUT2D eigenvalue weighted by atomic mass is 9.90. The SMILES string of the molecule is CCSN1CCC(c2[nH]nc3c(C(N)=O)cc(-c4ccc(F)c(F)c4)cc23)CC1. The van der Waals surface area contributed by atoms with Gasteiger partial charge in [-0.15, -0.1) is 0 Å². The van der Waals surface area contributed by atoms with E-state index >= 15 is 0 Å². The highest BCUT2D eigenvalue weighted by Crippen LogP contribution is 2.36. The molecule has 1 fully saturated rings. The van der Waals surface area contributed by atoms with E-state index in [1.54, 1.807) is 6.07 Å². The molecule has 152 valence electrons. The Kier molecular flexibility index (Phi) is 5.56. The van der Waals surface area contributed by atoms with E-state index in [4.69, 9.17) is 5.73 Å². The van der Waals surface area contributed by atoms with Crippen molar-refractivity contribution in [3.8, 4) is 11.1 Å². The van der Waals surface area contributed by atoms with Gasteiger partial charge in [-0.3, -0.25) is 14.2 Å². The van der Waals surface area contributed by atoms with E-state index in [1.165, 1.54) is 6.07 Å². The average Bonchev–Trinajstić information content (AvgIpc) is 3.14. The van der Waals surface area contributed by atoms with E-state index in [2.05, 4.69) is 21.4 Å². The topological polar surface area (TPSA) is 75.0 Å². The van der Waals surface area contributed by atoms with Crippen LogP contribution in [0.4, 0.5) is 8.78 Å². The summed E-state index contributed by atoms with van der Waals surface area (Å²) in [6.07, 6.45) is 1.96. The number of amides is 1. The molecular weight excluding hydrogens is 394 g/mol. The quantitative estimate of drug-likeness (QED) is 0.603. The number of benzene rings is 2. The minimum Gasteiger partial charge on any atom is -0.366 e. The lowest BCUT2D eigenvalue weighted by Crippen LogP contribution is -2.28. The van der Waals surface area contributed by atoms with E-state index in [1.807, 2.05) is 18.0 Å². The zero-order chi connectivity index (χ0) is 20.5. The summed E-state index contributed by atoms with van der Waals surface area (Å²) < 4.78 is 29.5. The number of H-pyrrole nitrogens is 1. The molecule has 1 aromatic heterocycles. The smallest absolute Gasteiger partial charge is 0.251 e. The number of piperidine rings is 1. The zero-order valence-corrected chi connectivity index (χ0v) is 16.9. The van der Waals surface area contributed by atoms with Gasteiger partial charge < -0.3 is 5.73 Å². The van der Waals surface area contributed by atoms with Crippen molar-refractivity contribution in [3.05, 3.63) is 53.2 Å². The summed E-state index contributed by atoms with van der Waals surface area (Å²) in [7, 11) is 0. The molecule has 3 aromatic rings. The van der Waals surface area contributed by atoms with Gasteiger partial charge in [0.2, 0.25) is 0 Å². The Balaban J connectivity index is 1.77. The van der Waals surface area contributed by atoms with Gasteiger partial charge in [-0.2, -0.15) is 5.10 Å². The average molecular weight is 416 g/mol. The van der Waals surface area contributed by atoms with Crippen molar-refractivity contribution < 1.29 is 13.6 Å². The van der Waals surface area contributed by atoms with Crippen LogP contribution in [0.15, 0.2) is 30.3 Å². The van der Waals surface area contributed by atoms with Crippen LogP contribution >= 0.6 is 11.9 Å². The highest BCUT2D eigenvalue weighted by atomic mass is 32.2. The van der Waals surface area contributed by atoms with Gasteiger partial charge in [-0.05, 0) is 48.2 Å². The molecule has 1 aliphatic heterocycles. The van der Waals surface area contributed by atoms with Crippen molar-refractivity contribution in [1.29, 1.82) is 0 Å². The number of nitrogens with one attached hydrogen (secondary N) is 1. The monoisotopic (exact) mass is 416 g/mol. The lowest BCUT2D eigenvalue weighted by molar-refractivity contribution is 0.100. The third kappa shape index (κ3) is 3.86. The van der Waals surface area contributed by atoms with Gasteiger partial charge in [-0.1, -0.05) is 24.9 Å². The molecule has 2 heterocycles. The molecule has 1 saturated heterocycles. The predicted molar refractivity (Wildman–Crippen MR) is 112 cm³/mol. The third-order valence-electron chi connectivity index (χ3n) is 5.38. The normalized spacial score (nSPS) is 15.8. The fourth-order valence-corrected chi connectivity index (χ4v) is 4.77. The lowest BCUT2D eigenvalue weighted by Gasteiger charge is -2.30. The summed E-state index contributed by atoms with van der Waals surface area (Å²) in [4.78, 5) is 12.0. The standard InChI is InChI=1S/C21H22F2N4OS/c1-2-29-27-7-5-12(6-8-27)19-15-9-14(13-3-4-17(22)18(23)11-13)10-16(21(24)28)20(15)26-25-19/h3-4,9-12H,2,5-8H2,1H3,(H2,24,28)(H,25,26). The highest BCUT2D eigenvalue weighted by molar-refractivity contribution is 7.96. The number of fused-ring (bicyclic) bond motifs is 1. The molecule has 0 unspecified atom stereocenters. The van der Waals surface area contributed by atoms with Gasteiger partial charge in [0.15, 0.2) is 11.6 Å². The van der Waals surface area contributed by atoms with Crippen molar-refractivity contribution in [2.24, 2.45) is 5.73 Å². The van der Waals surface area contributed by atoms with Crippen molar-refractivity contribution >= 4 is 28.8 Å². The molecule has 0 radical (unpaired) electrons. The zero-order valence-electron chi connectivity index (χ0n) is 16.0. The predicted octanol–water partition coefficient (Wildman–Crippen LogP) is 4.45. The van der Waals surface area contributed by atoms with Gasteiger partial charge >= 0.3 is 0 Å². The van der Waals surface area contributed by atoms with Crippen LogP contribution < -0.4 is 5.73 Å². The number of carbonyl (C=O) groups is 1. The van der Waals surface area contributed by atoms with E-state index in [0.29, 0.717) is 16.6 Å². The second-order valence-electron chi connectivity index (χ2n) is 7.17. The summed E-state index contributed by atoms with van der Waals surface area (Å²) in [5.41, 5.74) is 8.42. The molecule has 0 spiro atoms. The van der Waals surface area contributed by atoms with Crippen LogP contribution in [0.3, 0.4) is 0 Å². The fourth-order valence-electron chi connectivity index (χ4n) is 3.93. The Bertz CT molecular complexity index is 1060. The first-order chi connectivity index (χ1) is 14.0. The number of nitrogens with two attached hydrogens (primary N) is 1. The minimum atomic E-state index is -0.934. The molecule has 2 aromatic carbocycles. The van der Waals surface area contributed by atoms with Crippen LogP contribution in [-0.4, -0.2) is 39.3 Å². The molecule has 5 nitrogen and oxygen atoms in total. The Morgan fingerprint density at radius 2 is 1.97 bits per heavy atom. The molecule has 29 heavy (non-hydrogen) atoms. The van der Waals surface area contributed by atoms with E-state index in [9.17, 15) is 13.6 Å². The minimum absolute atomic E-state index is 0.267. The summed E-state index contributed by atoms with van der Waals surface area (Å²) in [5.74, 6) is -1.11. The van der Waals surface area contributed by atoms with Crippen LogP contribution in [0.2, 0.25) is 0 Å². The molecule has 0 bridgehead atoms. The number of carbonyl (C=O) groups excluding carboxylic acids is 1. The first-order valence-electron chi connectivity index (χ1n) is 9.63. The molecule has 8 heteroatoms. The molecule has 1 amide bonds. The van der Waals surface area contributed by atoms with Gasteiger partial charge in [0.25, 0.3) is 5.91 Å². The Morgan fingerprint density at radius 1 is 1.21 bits per heavy atom. The van der Waals surface area contributed by atoms with Crippen molar-refractivity contribution in [1.82, 2.24) is 14.5 Å². The number of aromatic amines is 1. The third-order valence-corrected chi connectivity index (χ3v) is 6.37. The Labute approximate surface area is 171 Å². The van der Waals surface area contributed by atoms with E-state index in [-0.39, 0.29) is 11.5 Å². The van der Waals surface area contributed by atoms with Crippen LogP contribution in [0.25, 0.3) is 22.0 Å². The Hall–Kier alpha value is -2.45. The summed E-state index contributed by atoms with van der Waals surface area (Å²) in [5, 5.41) is 8.27. The maximum atomic E-state index is 13.8. The number of halogens is 2. The van der Waals surface area contributed by atoms with Crippen molar-refractivity contribution in [2.75, 3.05) is 18.8 Å². The van der Waals surface area contributed by atoms with Crippen molar-refractivity contribution in [2.45, 2.75) is 25.7 Å². The van der Waals surface area contributed by atoms with Crippen LogP contribution in [0, 0.1) is 11.6 Å². The molecule has 0 atom stereocenters. The largest absolute Gasteiger partial charge is 0.366 e. The number of nitrogens with zero attached hydrogens (tertiary/aromatic N) is 2. The molecule has 0 saturated carbocycles. The van der Waals surface area contributed by atoms with Crippen LogP contribution in [-0.2, 0) is 0 Å². The van der Waals surface area contributed by atoms with Gasteiger partial charge in [0.05, 0.1) is 5.56 Å². The summed E-state index contributed by atoms with van der Waals surface area (Å²) in [6.45, 7) is 4.11. The number of hydrogen-bond acceptors (Lipinski definition) is 4. The van der Waals surface area contributed by atoms with Crippen molar-refractivity contribution in [3.63, 3.8) is 0 Å². The fraction of sp³-hybridized carbons (Fsp3) is 0.333. The Morgan fingerprint density at radius 3 is 2.62 bits per heavy atom. The van der Waals surface area contributed by atoms with Gasteiger partial charge in [0.1, 0.15) is 5.52 Å². The second-order valence-corrected chi connectivity index (χ2v) is 8.52. The molecular formula is C21H22F2N4OS.